The van der Waals surface area contributed by atoms with Crippen molar-refractivity contribution in [2.45, 2.75) is 52.2 Å². The van der Waals surface area contributed by atoms with Crippen LogP contribution in [0.5, 0.6) is 0 Å². The van der Waals surface area contributed by atoms with E-state index in [-0.39, 0.29) is 0 Å². The second-order valence-corrected chi connectivity index (χ2v) is 16.8. The Balaban J connectivity index is 4.41. The van der Waals surface area contributed by atoms with Gasteiger partial charge in [0.1, 0.15) is 0 Å². The fourth-order valence-corrected chi connectivity index (χ4v) is 1.98. The zero-order chi connectivity index (χ0) is 10.7. The minimum Gasteiger partial charge on any atom is -0.131 e. The molecule has 0 saturated carbocycles. The molecule has 0 aromatic heterocycles. The highest BCUT2D eigenvalue weighted by atomic mass is 28.3. The third-order valence-electron chi connectivity index (χ3n) is 2.16. The van der Waals surface area contributed by atoms with Crippen LogP contribution in [0.25, 0.3) is 0 Å². The van der Waals surface area contributed by atoms with E-state index in [9.17, 15) is 0 Å². The summed E-state index contributed by atoms with van der Waals surface area (Å²) in [5.74, 6) is 0. The molecule has 0 saturated heterocycles. The van der Waals surface area contributed by atoms with E-state index in [4.69, 9.17) is 0 Å². The predicted octanol–water partition coefficient (Wildman–Crippen LogP) is 4.30. The van der Waals surface area contributed by atoms with Crippen molar-refractivity contribution in [3.05, 3.63) is 17.0 Å². The van der Waals surface area contributed by atoms with Gasteiger partial charge in [-0.2, -0.15) is 0 Å². The summed E-state index contributed by atoms with van der Waals surface area (Å²) in [7, 11) is -1.97. The van der Waals surface area contributed by atoms with Crippen LogP contribution in [0.4, 0.5) is 0 Å². The maximum atomic E-state index is 3.47. The van der Waals surface area contributed by atoms with Gasteiger partial charge in [0.15, 0.2) is 0 Å². The third-order valence-corrected chi connectivity index (χ3v) is 5.98. The summed E-state index contributed by atoms with van der Waals surface area (Å²) >= 11 is 0. The molecular weight excluding hydrogens is 188 g/mol. The van der Waals surface area contributed by atoms with Crippen LogP contribution in [0.15, 0.2) is 17.0 Å². The molecule has 0 rings (SSSR count). The van der Waals surface area contributed by atoms with Crippen molar-refractivity contribution < 1.29 is 0 Å². The van der Waals surface area contributed by atoms with E-state index in [1.165, 1.54) is 11.2 Å². The van der Waals surface area contributed by atoms with Crippen LogP contribution in [-0.4, -0.2) is 16.1 Å². The third kappa shape index (κ3) is 7.06. The highest BCUT2D eigenvalue weighted by molar-refractivity contribution is 6.82. The van der Waals surface area contributed by atoms with Crippen LogP contribution in [0.1, 0.15) is 6.92 Å². The van der Waals surface area contributed by atoms with E-state index in [0.717, 1.165) is 0 Å². The summed E-state index contributed by atoms with van der Waals surface area (Å²) in [6.07, 6.45) is 2.26. The van der Waals surface area contributed by atoms with Crippen molar-refractivity contribution in [3.63, 3.8) is 0 Å². The SMILES string of the molecule is CC(=C=CC[Si](C)(C)C)[Si](C)(C)C. The molecule has 0 bridgehead atoms. The molecule has 0 atom stereocenters. The first-order valence-corrected chi connectivity index (χ1v) is 12.3. The summed E-state index contributed by atoms with van der Waals surface area (Å²) in [4.78, 5) is 0. The lowest BCUT2D eigenvalue weighted by molar-refractivity contribution is 1.48. The van der Waals surface area contributed by atoms with Crippen LogP contribution < -0.4 is 0 Å². The second-order valence-electron chi connectivity index (χ2n) is 5.99. The van der Waals surface area contributed by atoms with Gasteiger partial charge in [-0.3, -0.25) is 0 Å². The molecule has 0 aromatic carbocycles. The Morgan fingerprint density at radius 3 is 1.85 bits per heavy atom. The summed E-state index contributed by atoms with van der Waals surface area (Å²) < 4.78 is 0. The van der Waals surface area contributed by atoms with Crippen molar-refractivity contribution in [1.82, 2.24) is 0 Å². The first kappa shape index (κ1) is 13.0. The molecule has 0 nitrogen and oxygen atoms in total. The Bertz CT molecular complexity index is 219. The van der Waals surface area contributed by atoms with E-state index in [1.54, 1.807) is 0 Å². The van der Waals surface area contributed by atoms with E-state index in [2.05, 4.69) is 58.0 Å². The largest absolute Gasteiger partial charge is 0.131 e. The van der Waals surface area contributed by atoms with Gasteiger partial charge in [-0.05, 0) is 24.2 Å². The molecule has 0 fully saturated rings. The standard InChI is InChI=1S/C11H24Si2/c1-11(13(5,6)7)9-8-10-12(2,3)4/h8H,10H2,1-7H3. The Kier molecular flexibility index (Phi) is 4.43. The molecule has 0 aromatic rings. The summed E-state index contributed by atoms with van der Waals surface area (Å²) in [6, 6.07) is 1.26. The molecule has 0 unspecified atom stereocenters. The Hall–Kier alpha value is -0.0462. The van der Waals surface area contributed by atoms with E-state index < -0.39 is 16.1 Å². The molecule has 0 spiro atoms. The van der Waals surface area contributed by atoms with Gasteiger partial charge >= 0.3 is 0 Å². The Labute approximate surface area is 85.8 Å². The van der Waals surface area contributed by atoms with Gasteiger partial charge in [0.25, 0.3) is 0 Å². The molecule has 0 aliphatic rings. The minimum absolute atomic E-state index is 0.899. The molecule has 13 heavy (non-hydrogen) atoms. The number of rotatable bonds is 3. The zero-order valence-corrected chi connectivity index (χ0v) is 12.3. The fraction of sp³-hybridized carbons (Fsp3) is 0.727. The molecule has 0 amide bonds. The fourth-order valence-electron chi connectivity index (χ4n) is 0.727. The van der Waals surface area contributed by atoms with Crippen molar-refractivity contribution in [2.75, 3.05) is 0 Å². The quantitative estimate of drug-likeness (QED) is 0.483. The first-order chi connectivity index (χ1) is 5.63. The maximum absolute atomic E-state index is 3.47. The lowest BCUT2D eigenvalue weighted by atomic mass is 10.6. The van der Waals surface area contributed by atoms with Gasteiger partial charge in [0.2, 0.25) is 0 Å². The summed E-state index contributed by atoms with van der Waals surface area (Å²) in [5.41, 5.74) is 3.47. The molecular formula is C11H24Si2. The van der Waals surface area contributed by atoms with Gasteiger partial charge in [0, 0.05) is 8.07 Å². The molecule has 0 heterocycles. The van der Waals surface area contributed by atoms with Crippen molar-refractivity contribution in [2.24, 2.45) is 0 Å². The summed E-state index contributed by atoms with van der Waals surface area (Å²) in [5, 5.41) is 1.49. The first-order valence-electron chi connectivity index (χ1n) is 5.05. The summed E-state index contributed by atoms with van der Waals surface area (Å²) in [6.45, 7) is 16.5. The maximum Gasteiger partial charge on any atom is 0.0819 e. The average molecular weight is 212 g/mol. The Morgan fingerprint density at radius 2 is 1.54 bits per heavy atom. The predicted molar refractivity (Wildman–Crippen MR) is 68.8 cm³/mol. The van der Waals surface area contributed by atoms with Crippen molar-refractivity contribution in [3.8, 4) is 0 Å². The van der Waals surface area contributed by atoms with Gasteiger partial charge in [0.05, 0.1) is 8.07 Å². The van der Waals surface area contributed by atoms with Crippen LogP contribution >= 0.6 is 0 Å². The highest BCUT2D eigenvalue weighted by Crippen LogP contribution is 2.13. The monoisotopic (exact) mass is 212 g/mol. The van der Waals surface area contributed by atoms with E-state index in [1.807, 2.05) is 0 Å². The van der Waals surface area contributed by atoms with E-state index in [0.29, 0.717) is 0 Å². The molecule has 0 aliphatic heterocycles. The van der Waals surface area contributed by atoms with Gasteiger partial charge in [-0.15, -0.1) is 5.73 Å². The lowest BCUT2D eigenvalue weighted by Gasteiger charge is -2.15. The van der Waals surface area contributed by atoms with E-state index >= 15 is 0 Å². The normalized spacial score (nSPS) is 12.2. The smallest absolute Gasteiger partial charge is 0.0819 e. The van der Waals surface area contributed by atoms with Gasteiger partial charge < -0.3 is 0 Å². The van der Waals surface area contributed by atoms with Crippen molar-refractivity contribution >= 4 is 16.1 Å². The van der Waals surface area contributed by atoms with Crippen LogP contribution in [-0.2, 0) is 0 Å². The zero-order valence-electron chi connectivity index (χ0n) is 10.3. The van der Waals surface area contributed by atoms with Crippen LogP contribution in [0, 0.1) is 0 Å². The molecule has 0 aliphatic carbocycles. The number of allylic oxidation sites excluding steroid dienone is 1. The van der Waals surface area contributed by atoms with Crippen molar-refractivity contribution in [1.29, 1.82) is 0 Å². The van der Waals surface area contributed by atoms with Gasteiger partial charge in [-0.25, -0.2) is 0 Å². The van der Waals surface area contributed by atoms with Crippen LogP contribution in [0.2, 0.25) is 45.3 Å². The second kappa shape index (κ2) is 4.45. The topological polar surface area (TPSA) is 0 Å². The Morgan fingerprint density at radius 1 is 1.08 bits per heavy atom. The minimum atomic E-state index is -1.07. The molecule has 0 N–H and O–H groups in total. The lowest BCUT2D eigenvalue weighted by Crippen LogP contribution is -2.21. The van der Waals surface area contributed by atoms with Crippen LogP contribution in [0.3, 0.4) is 0 Å². The number of hydrogen-bond donors (Lipinski definition) is 0. The highest BCUT2D eigenvalue weighted by Gasteiger charge is 2.15. The average Bonchev–Trinajstić information content (AvgIpc) is 1.82. The molecule has 76 valence electrons. The van der Waals surface area contributed by atoms with Gasteiger partial charge in [-0.1, -0.05) is 39.3 Å². The molecule has 2 heteroatoms. The number of hydrogen-bond acceptors (Lipinski definition) is 0. The molecule has 0 radical (unpaired) electrons.